The number of aryl methyl sites for hydroxylation is 2. The molecule has 80 valence electrons. The molecule has 1 rings (SSSR count). The van der Waals surface area contributed by atoms with Crippen LogP contribution in [0.4, 0.5) is 0 Å². The zero-order chi connectivity index (χ0) is 10.8. The fourth-order valence-corrected chi connectivity index (χ4v) is 2.11. The van der Waals surface area contributed by atoms with Crippen molar-refractivity contribution in [1.82, 2.24) is 9.55 Å². The first-order chi connectivity index (χ1) is 6.45. The quantitative estimate of drug-likeness (QED) is 0.764. The number of aromatic nitrogens is 2. The zero-order valence-corrected chi connectivity index (χ0v) is 10.3. The van der Waals surface area contributed by atoms with Crippen LogP contribution in [0.1, 0.15) is 5.82 Å². The molecule has 1 aromatic heterocycles. The van der Waals surface area contributed by atoms with Gasteiger partial charge in [-0.15, -0.1) is 0 Å². The molecule has 0 aromatic carbocycles. The fourth-order valence-electron chi connectivity index (χ4n) is 1.01. The Bertz CT molecular complexity index is 413. The predicted octanol–water partition coefficient (Wildman–Crippen LogP) is 1.48. The summed E-state index contributed by atoms with van der Waals surface area (Å²) in [7, 11) is 1.47. The van der Waals surface area contributed by atoms with Crippen LogP contribution in [0.25, 0.3) is 0 Å². The predicted molar refractivity (Wildman–Crippen MR) is 58.4 cm³/mol. The standard InChI is InChI=1S/C7H11ClN2O2S2/c1-6-9-7(14(8,11)12)5-10(6)3-4-13-2/h5H,3-4H2,1-2H3. The van der Waals surface area contributed by atoms with Crippen LogP contribution in [0, 0.1) is 6.92 Å². The molecule has 0 N–H and O–H groups in total. The first-order valence-corrected chi connectivity index (χ1v) is 7.63. The van der Waals surface area contributed by atoms with Crippen LogP contribution in [0.15, 0.2) is 11.2 Å². The van der Waals surface area contributed by atoms with Crippen molar-refractivity contribution >= 4 is 31.5 Å². The highest BCUT2D eigenvalue weighted by Gasteiger charge is 2.15. The van der Waals surface area contributed by atoms with Gasteiger partial charge in [0.1, 0.15) is 5.82 Å². The molecule has 0 aliphatic heterocycles. The largest absolute Gasteiger partial charge is 0.333 e. The lowest BCUT2D eigenvalue weighted by Gasteiger charge is -2.00. The maximum atomic E-state index is 11.0. The maximum Gasteiger partial charge on any atom is 0.280 e. The Hall–Kier alpha value is -0.200. The van der Waals surface area contributed by atoms with Crippen LogP contribution in [0.5, 0.6) is 0 Å². The molecule has 0 saturated heterocycles. The molecule has 0 saturated carbocycles. The minimum Gasteiger partial charge on any atom is -0.333 e. The number of nitrogens with zero attached hydrogens (tertiary/aromatic N) is 2. The number of imidazole rings is 1. The van der Waals surface area contributed by atoms with E-state index in [9.17, 15) is 8.42 Å². The maximum absolute atomic E-state index is 11.0. The van der Waals surface area contributed by atoms with Crippen LogP contribution in [0.3, 0.4) is 0 Å². The summed E-state index contributed by atoms with van der Waals surface area (Å²) in [5, 5.41) is -0.0715. The second-order valence-electron chi connectivity index (χ2n) is 2.75. The third-order valence-corrected chi connectivity index (χ3v) is 3.50. The van der Waals surface area contributed by atoms with Gasteiger partial charge in [0.2, 0.25) is 0 Å². The Balaban J connectivity index is 2.94. The van der Waals surface area contributed by atoms with Gasteiger partial charge in [0.25, 0.3) is 9.05 Å². The summed E-state index contributed by atoms with van der Waals surface area (Å²) in [6.07, 6.45) is 3.46. The normalized spacial score (nSPS) is 11.9. The van der Waals surface area contributed by atoms with Gasteiger partial charge in [-0.05, 0) is 13.2 Å². The van der Waals surface area contributed by atoms with Crippen molar-refractivity contribution < 1.29 is 8.42 Å². The van der Waals surface area contributed by atoms with E-state index in [4.69, 9.17) is 10.7 Å². The Morgan fingerprint density at radius 2 is 2.29 bits per heavy atom. The number of thioether (sulfide) groups is 1. The van der Waals surface area contributed by atoms with Crippen LogP contribution in [-0.4, -0.2) is 30.0 Å². The molecule has 7 heteroatoms. The van der Waals surface area contributed by atoms with E-state index in [-0.39, 0.29) is 5.03 Å². The number of hydrogen-bond acceptors (Lipinski definition) is 4. The lowest BCUT2D eigenvalue weighted by Crippen LogP contribution is -2.00. The molecule has 0 atom stereocenters. The van der Waals surface area contributed by atoms with E-state index >= 15 is 0 Å². The van der Waals surface area contributed by atoms with Gasteiger partial charge >= 0.3 is 0 Å². The van der Waals surface area contributed by atoms with Gasteiger partial charge in [0.05, 0.1) is 0 Å². The second kappa shape index (κ2) is 4.55. The van der Waals surface area contributed by atoms with E-state index in [1.54, 1.807) is 23.3 Å². The minimum absolute atomic E-state index is 0.0715. The van der Waals surface area contributed by atoms with Crippen molar-refractivity contribution in [2.75, 3.05) is 12.0 Å². The van der Waals surface area contributed by atoms with Gasteiger partial charge in [0.15, 0.2) is 5.03 Å². The summed E-state index contributed by atoms with van der Waals surface area (Å²) in [5.74, 6) is 1.58. The summed E-state index contributed by atoms with van der Waals surface area (Å²) in [6.45, 7) is 2.50. The first-order valence-electron chi connectivity index (χ1n) is 3.92. The summed E-state index contributed by atoms with van der Waals surface area (Å²) in [4.78, 5) is 3.87. The monoisotopic (exact) mass is 254 g/mol. The van der Waals surface area contributed by atoms with Gasteiger partial charge in [0, 0.05) is 29.2 Å². The van der Waals surface area contributed by atoms with Crippen LogP contribution in [0.2, 0.25) is 0 Å². The Kier molecular flexibility index (Phi) is 3.86. The summed E-state index contributed by atoms with van der Waals surface area (Å²) in [6, 6.07) is 0. The van der Waals surface area contributed by atoms with E-state index in [1.807, 2.05) is 6.26 Å². The smallest absolute Gasteiger partial charge is 0.280 e. The average molecular weight is 255 g/mol. The summed E-state index contributed by atoms with van der Waals surface area (Å²) >= 11 is 1.69. The van der Waals surface area contributed by atoms with Crippen molar-refractivity contribution in [3.05, 3.63) is 12.0 Å². The molecule has 0 aliphatic carbocycles. The van der Waals surface area contributed by atoms with Crippen LogP contribution in [-0.2, 0) is 15.6 Å². The molecule has 0 spiro atoms. The molecule has 0 unspecified atom stereocenters. The molecule has 0 fully saturated rings. The minimum atomic E-state index is -3.70. The average Bonchev–Trinajstić information content (AvgIpc) is 2.43. The van der Waals surface area contributed by atoms with E-state index in [0.717, 1.165) is 12.3 Å². The second-order valence-corrected chi connectivity index (χ2v) is 6.25. The molecule has 1 heterocycles. The molecule has 0 amide bonds. The molecule has 4 nitrogen and oxygen atoms in total. The Morgan fingerprint density at radius 3 is 2.71 bits per heavy atom. The fraction of sp³-hybridized carbons (Fsp3) is 0.571. The Labute approximate surface area is 92.1 Å². The third kappa shape index (κ3) is 2.90. The molecule has 0 bridgehead atoms. The molecule has 1 aromatic rings. The highest BCUT2D eigenvalue weighted by Crippen LogP contribution is 2.14. The van der Waals surface area contributed by atoms with Gasteiger partial charge < -0.3 is 4.57 Å². The highest BCUT2D eigenvalue weighted by atomic mass is 35.7. The van der Waals surface area contributed by atoms with E-state index in [2.05, 4.69) is 4.98 Å². The number of hydrogen-bond donors (Lipinski definition) is 0. The van der Waals surface area contributed by atoms with Gasteiger partial charge in [-0.1, -0.05) is 0 Å². The van der Waals surface area contributed by atoms with Crippen molar-refractivity contribution in [2.45, 2.75) is 18.5 Å². The summed E-state index contributed by atoms with van der Waals surface area (Å²) in [5.41, 5.74) is 0. The molecular formula is C7H11ClN2O2S2. The molecule has 0 aliphatic rings. The molecule has 0 radical (unpaired) electrons. The molecular weight excluding hydrogens is 244 g/mol. The lowest BCUT2D eigenvalue weighted by atomic mass is 10.6. The van der Waals surface area contributed by atoms with Crippen molar-refractivity contribution in [1.29, 1.82) is 0 Å². The van der Waals surface area contributed by atoms with Gasteiger partial charge in [-0.25, -0.2) is 13.4 Å². The van der Waals surface area contributed by atoms with Crippen molar-refractivity contribution in [3.8, 4) is 0 Å². The van der Waals surface area contributed by atoms with Crippen molar-refractivity contribution in [2.24, 2.45) is 0 Å². The van der Waals surface area contributed by atoms with Gasteiger partial charge in [-0.2, -0.15) is 11.8 Å². The topological polar surface area (TPSA) is 52.0 Å². The van der Waals surface area contributed by atoms with Crippen LogP contribution >= 0.6 is 22.4 Å². The van der Waals surface area contributed by atoms with Gasteiger partial charge in [-0.3, -0.25) is 0 Å². The van der Waals surface area contributed by atoms with Crippen molar-refractivity contribution in [3.63, 3.8) is 0 Å². The SMILES string of the molecule is CSCCn1cc(S(=O)(=O)Cl)nc1C. The highest BCUT2D eigenvalue weighted by molar-refractivity contribution is 8.13. The zero-order valence-electron chi connectivity index (χ0n) is 7.90. The first kappa shape index (κ1) is 11.9. The van der Waals surface area contributed by atoms with E-state index < -0.39 is 9.05 Å². The Morgan fingerprint density at radius 1 is 1.64 bits per heavy atom. The van der Waals surface area contributed by atoms with Crippen LogP contribution < -0.4 is 0 Å². The molecule has 14 heavy (non-hydrogen) atoms. The third-order valence-electron chi connectivity index (χ3n) is 1.74. The number of halogens is 1. The lowest BCUT2D eigenvalue weighted by molar-refractivity contribution is 0.606. The number of rotatable bonds is 4. The van der Waals surface area contributed by atoms with E-state index in [0.29, 0.717) is 5.82 Å². The summed E-state index contributed by atoms with van der Waals surface area (Å²) < 4.78 is 23.7. The van der Waals surface area contributed by atoms with E-state index in [1.165, 1.54) is 6.20 Å².